The lowest BCUT2D eigenvalue weighted by Crippen LogP contribution is -2.21. The fourth-order valence-electron chi connectivity index (χ4n) is 1.67. The van der Waals surface area contributed by atoms with E-state index in [9.17, 15) is 4.79 Å². The van der Waals surface area contributed by atoms with Crippen LogP contribution in [0.3, 0.4) is 0 Å². The molecule has 6 heteroatoms. The van der Waals surface area contributed by atoms with E-state index in [1.54, 1.807) is 0 Å². The Bertz CT molecular complexity index is 405. The predicted molar refractivity (Wildman–Crippen MR) is 59.8 cm³/mol. The molecule has 0 radical (unpaired) electrons. The molecule has 1 aromatic rings. The molecular formula is C10H12ClN3O2. The summed E-state index contributed by atoms with van der Waals surface area (Å²) in [7, 11) is 1.31. The monoisotopic (exact) mass is 241 g/mol. The summed E-state index contributed by atoms with van der Waals surface area (Å²) in [5.74, 6) is 0.00940. The standard InChI is InChI=1S/C10H12ClN3O2/c1-16-9(15)7-6-8(11)13-10(12-7)14-4-2-3-5-14/h6H,2-5H2,1H3. The fourth-order valence-corrected chi connectivity index (χ4v) is 1.85. The first-order valence-corrected chi connectivity index (χ1v) is 5.46. The normalized spacial score (nSPS) is 15.2. The molecule has 1 aliphatic rings. The van der Waals surface area contributed by atoms with E-state index in [-0.39, 0.29) is 10.8 Å². The number of aromatic nitrogens is 2. The summed E-state index contributed by atoms with van der Waals surface area (Å²) in [6.45, 7) is 1.81. The first-order chi connectivity index (χ1) is 7.70. The van der Waals surface area contributed by atoms with Gasteiger partial charge >= 0.3 is 5.97 Å². The molecule has 5 nitrogen and oxygen atoms in total. The van der Waals surface area contributed by atoms with E-state index in [2.05, 4.69) is 14.7 Å². The molecule has 1 fully saturated rings. The lowest BCUT2D eigenvalue weighted by molar-refractivity contribution is 0.0594. The quantitative estimate of drug-likeness (QED) is 0.580. The van der Waals surface area contributed by atoms with Gasteiger partial charge in [0.2, 0.25) is 5.95 Å². The van der Waals surface area contributed by atoms with Crippen molar-refractivity contribution in [3.63, 3.8) is 0 Å². The Morgan fingerprint density at radius 3 is 2.75 bits per heavy atom. The number of anilines is 1. The molecule has 0 saturated carbocycles. The molecule has 0 N–H and O–H groups in total. The Morgan fingerprint density at radius 2 is 2.12 bits per heavy atom. The smallest absolute Gasteiger partial charge is 0.356 e. The number of carbonyl (C=O) groups is 1. The third-order valence-corrected chi connectivity index (χ3v) is 2.66. The average molecular weight is 242 g/mol. The van der Waals surface area contributed by atoms with Gasteiger partial charge in [0.25, 0.3) is 0 Å². The van der Waals surface area contributed by atoms with Crippen LogP contribution >= 0.6 is 11.6 Å². The van der Waals surface area contributed by atoms with Crippen molar-refractivity contribution in [2.45, 2.75) is 12.8 Å². The Balaban J connectivity index is 2.31. The van der Waals surface area contributed by atoms with Gasteiger partial charge < -0.3 is 9.64 Å². The van der Waals surface area contributed by atoms with E-state index in [0.717, 1.165) is 25.9 Å². The number of hydrogen-bond donors (Lipinski definition) is 0. The van der Waals surface area contributed by atoms with Crippen LogP contribution in [0.25, 0.3) is 0 Å². The molecule has 1 saturated heterocycles. The third-order valence-electron chi connectivity index (χ3n) is 2.47. The van der Waals surface area contributed by atoms with Gasteiger partial charge in [-0.3, -0.25) is 0 Å². The summed E-state index contributed by atoms with van der Waals surface area (Å²) in [5, 5.41) is 0.261. The topological polar surface area (TPSA) is 55.3 Å². The van der Waals surface area contributed by atoms with E-state index in [0.29, 0.717) is 5.95 Å². The minimum atomic E-state index is -0.496. The van der Waals surface area contributed by atoms with Crippen LogP contribution in [0.5, 0.6) is 0 Å². The molecule has 0 spiro atoms. The number of ether oxygens (including phenoxy) is 1. The number of hydrogen-bond acceptors (Lipinski definition) is 5. The van der Waals surface area contributed by atoms with Crippen molar-refractivity contribution in [2.24, 2.45) is 0 Å². The molecular weight excluding hydrogens is 230 g/mol. The molecule has 0 aromatic carbocycles. The number of rotatable bonds is 2. The lowest BCUT2D eigenvalue weighted by atomic mass is 10.4. The van der Waals surface area contributed by atoms with Gasteiger partial charge in [0.1, 0.15) is 5.15 Å². The van der Waals surface area contributed by atoms with Gasteiger partial charge in [-0.25, -0.2) is 14.8 Å². The van der Waals surface area contributed by atoms with Gasteiger partial charge in [0.05, 0.1) is 7.11 Å². The molecule has 86 valence electrons. The van der Waals surface area contributed by atoms with Crippen LogP contribution in [0.15, 0.2) is 6.07 Å². The number of nitrogens with zero attached hydrogens (tertiary/aromatic N) is 3. The zero-order valence-corrected chi connectivity index (χ0v) is 9.70. The molecule has 0 bridgehead atoms. The largest absolute Gasteiger partial charge is 0.464 e. The maximum Gasteiger partial charge on any atom is 0.356 e. The second kappa shape index (κ2) is 4.65. The Kier molecular flexibility index (Phi) is 3.24. The lowest BCUT2D eigenvalue weighted by Gasteiger charge is -2.15. The molecule has 2 rings (SSSR count). The minimum Gasteiger partial charge on any atom is -0.464 e. The number of esters is 1. The Morgan fingerprint density at radius 1 is 1.44 bits per heavy atom. The molecule has 16 heavy (non-hydrogen) atoms. The predicted octanol–water partition coefficient (Wildman–Crippen LogP) is 1.52. The number of methoxy groups -OCH3 is 1. The SMILES string of the molecule is COC(=O)c1cc(Cl)nc(N2CCCC2)n1. The highest BCUT2D eigenvalue weighted by molar-refractivity contribution is 6.29. The summed E-state index contributed by atoms with van der Waals surface area (Å²) in [6, 6.07) is 1.41. The molecule has 1 aromatic heterocycles. The van der Waals surface area contributed by atoms with Crippen molar-refractivity contribution >= 4 is 23.5 Å². The number of carbonyl (C=O) groups excluding carboxylic acids is 1. The second-order valence-corrected chi connectivity index (χ2v) is 3.95. The van der Waals surface area contributed by atoms with Crippen LogP contribution in [-0.4, -0.2) is 36.1 Å². The molecule has 0 atom stereocenters. The van der Waals surface area contributed by atoms with Crippen molar-refractivity contribution in [2.75, 3.05) is 25.1 Å². The summed E-state index contributed by atoms with van der Waals surface area (Å²) in [4.78, 5) is 21.6. The van der Waals surface area contributed by atoms with Gasteiger partial charge in [-0.05, 0) is 12.8 Å². The van der Waals surface area contributed by atoms with Crippen molar-refractivity contribution in [1.29, 1.82) is 0 Å². The number of halogens is 1. The van der Waals surface area contributed by atoms with Gasteiger partial charge in [0, 0.05) is 19.2 Å². The maximum absolute atomic E-state index is 11.3. The molecule has 1 aliphatic heterocycles. The second-order valence-electron chi connectivity index (χ2n) is 3.56. The van der Waals surface area contributed by atoms with Crippen molar-refractivity contribution in [3.8, 4) is 0 Å². The van der Waals surface area contributed by atoms with Crippen molar-refractivity contribution in [3.05, 3.63) is 16.9 Å². The first kappa shape index (κ1) is 11.1. The Labute approximate surface area is 98.4 Å². The summed E-state index contributed by atoms with van der Waals surface area (Å²) in [6.07, 6.45) is 2.23. The minimum absolute atomic E-state index is 0.199. The van der Waals surface area contributed by atoms with E-state index in [4.69, 9.17) is 11.6 Å². The average Bonchev–Trinajstić information content (AvgIpc) is 2.80. The van der Waals surface area contributed by atoms with Crippen LogP contribution in [0, 0.1) is 0 Å². The molecule has 2 heterocycles. The van der Waals surface area contributed by atoms with Crippen LogP contribution in [0.2, 0.25) is 5.15 Å². The maximum atomic E-state index is 11.3. The van der Waals surface area contributed by atoms with E-state index in [1.165, 1.54) is 13.2 Å². The highest BCUT2D eigenvalue weighted by Gasteiger charge is 2.18. The summed E-state index contributed by atoms with van der Waals surface area (Å²) < 4.78 is 4.60. The van der Waals surface area contributed by atoms with E-state index >= 15 is 0 Å². The fraction of sp³-hybridized carbons (Fsp3) is 0.500. The van der Waals surface area contributed by atoms with Crippen LogP contribution in [0.4, 0.5) is 5.95 Å². The highest BCUT2D eigenvalue weighted by atomic mass is 35.5. The molecule has 0 unspecified atom stereocenters. The van der Waals surface area contributed by atoms with Gasteiger partial charge in [0.15, 0.2) is 5.69 Å². The first-order valence-electron chi connectivity index (χ1n) is 5.08. The van der Waals surface area contributed by atoms with E-state index < -0.39 is 5.97 Å². The third kappa shape index (κ3) is 2.24. The van der Waals surface area contributed by atoms with Crippen molar-refractivity contribution in [1.82, 2.24) is 9.97 Å². The van der Waals surface area contributed by atoms with Crippen LogP contribution in [0.1, 0.15) is 23.3 Å². The van der Waals surface area contributed by atoms with Crippen molar-refractivity contribution < 1.29 is 9.53 Å². The summed E-state index contributed by atoms with van der Waals surface area (Å²) in [5.41, 5.74) is 0.199. The highest BCUT2D eigenvalue weighted by Crippen LogP contribution is 2.18. The van der Waals surface area contributed by atoms with E-state index in [1.807, 2.05) is 4.90 Å². The Hall–Kier alpha value is -1.36. The van der Waals surface area contributed by atoms with Crippen LogP contribution < -0.4 is 4.90 Å². The van der Waals surface area contributed by atoms with Crippen LogP contribution in [-0.2, 0) is 4.74 Å². The zero-order chi connectivity index (χ0) is 11.5. The van der Waals surface area contributed by atoms with Gasteiger partial charge in [-0.1, -0.05) is 11.6 Å². The zero-order valence-electron chi connectivity index (χ0n) is 8.94. The molecule has 0 aliphatic carbocycles. The summed E-state index contributed by atoms with van der Waals surface area (Å²) >= 11 is 5.84. The van der Waals surface area contributed by atoms with Gasteiger partial charge in [-0.15, -0.1) is 0 Å². The van der Waals surface area contributed by atoms with Gasteiger partial charge in [-0.2, -0.15) is 0 Å². The molecule has 0 amide bonds.